The van der Waals surface area contributed by atoms with Gasteiger partial charge in [0.1, 0.15) is 11.1 Å². The molecule has 0 saturated carbocycles. The highest BCUT2D eigenvalue weighted by Crippen LogP contribution is 2.42. The lowest BCUT2D eigenvalue weighted by molar-refractivity contribution is -0.682. The van der Waals surface area contributed by atoms with E-state index < -0.39 is 0 Å². The molecule has 0 radical (unpaired) electrons. The summed E-state index contributed by atoms with van der Waals surface area (Å²) in [6.45, 7) is 8.08. The van der Waals surface area contributed by atoms with Gasteiger partial charge in [-0.1, -0.05) is 12.1 Å². The van der Waals surface area contributed by atoms with Gasteiger partial charge < -0.3 is 15.0 Å². The number of ether oxygens (including phenoxy) is 1. The molecular formula is C16H25N2O2S+. The van der Waals surface area contributed by atoms with Crippen molar-refractivity contribution in [3.63, 3.8) is 0 Å². The summed E-state index contributed by atoms with van der Waals surface area (Å²) in [5, 5.41) is 2.43. The first-order chi connectivity index (χ1) is 10.0. The lowest BCUT2D eigenvalue weighted by Crippen LogP contribution is -2.89. The molecule has 0 aromatic heterocycles. The minimum Gasteiger partial charge on any atom is -0.497 e. The minimum atomic E-state index is 0.0381. The predicted molar refractivity (Wildman–Crippen MR) is 86.4 cm³/mol. The van der Waals surface area contributed by atoms with Crippen molar-refractivity contribution < 1.29 is 14.8 Å². The van der Waals surface area contributed by atoms with Crippen molar-refractivity contribution in [2.24, 2.45) is 0 Å². The van der Waals surface area contributed by atoms with Crippen molar-refractivity contribution >= 4 is 17.7 Å². The van der Waals surface area contributed by atoms with E-state index in [0.717, 1.165) is 18.8 Å². The van der Waals surface area contributed by atoms with Crippen LogP contribution in [-0.4, -0.2) is 42.3 Å². The third-order valence-corrected chi connectivity index (χ3v) is 5.05. The highest BCUT2D eigenvalue weighted by Gasteiger charge is 2.38. The van der Waals surface area contributed by atoms with Gasteiger partial charge in [0.05, 0.1) is 31.5 Å². The molecule has 4 nitrogen and oxygen atoms in total. The molecule has 0 spiro atoms. The Balaban J connectivity index is 2.09. The summed E-state index contributed by atoms with van der Waals surface area (Å²) in [5.74, 6) is 1.10. The van der Waals surface area contributed by atoms with E-state index in [1.54, 1.807) is 18.9 Å². The van der Waals surface area contributed by atoms with Crippen LogP contribution in [0, 0.1) is 0 Å². The van der Waals surface area contributed by atoms with Gasteiger partial charge in [-0.25, -0.2) is 0 Å². The molecule has 0 aliphatic carbocycles. The summed E-state index contributed by atoms with van der Waals surface area (Å²) in [6.07, 6.45) is 0. The van der Waals surface area contributed by atoms with Gasteiger partial charge in [0.2, 0.25) is 5.91 Å². The Labute approximate surface area is 131 Å². The fourth-order valence-electron chi connectivity index (χ4n) is 2.48. The number of hydrogen-bond donors (Lipinski definition) is 1. The van der Waals surface area contributed by atoms with Crippen LogP contribution >= 0.6 is 11.8 Å². The van der Waals surface area contributed by atoms with E-state index in [1.807, 2.05) is 24.0 Å². The predicted octanol–water partition coefficient (Wildman–Crippen LogP) is 1.63. The first kappa shape index (κ1) is 16.2. The number of thioether (sulfide) groups is 1. The molecule has 1 fully saturated rings. The van der Waals surface area contributed by atoms with Crippen LogP contribution in [0.4, 0.5) is 0 Å². The zero-order valence-electron chi connectivity index (χ0n) is 13.2. The molecule has 0 bridgehead atoms. The molecule has 1 saturated heterocycles. The van der Waals surface area contributed by atoms with Crippen LogP contribution in [0.5, 0.6) is 5.75 Å². The smallest absolute Gasteiger partial charge is 0.236 e. The average Bonchev–Trinajstić information content (AvgIpc) is 2.75. The Kier molecular flexibility index (Phi) is 5.53. The highest BCUT2D eigenvalue weighted by molar-refractivity contribution is 8.01. The van der Waals surface area contributed by atoms with Crippen LogP contribution in [0.15, 0.2) is 24.3 Å². The van der Waals surface area contributed by atoms with Crippen LogP contribution in [0.25, 0.3) is 0 Å². The maximum Gasteiger partial charge on any atom is 0.236 e. The summed E-state index contributed by atoms with van der Waals surface area (Å²) in [4.78, 5) is 14.4. The van der Waals surface area contributed by atoms with E-state index in [-0.39, 0.29) is 16.5 Å². The van der Waals surface area contributed by atoms with E-state index in [9.17, 15) is 4.79 Å². The van der Waals surface area contributed by atoms with Crippen LogP contribution < -0.4 is 10.1 Å². The first-order valence-electron chi connectivity index (χ1n) is 7.46. The molecule has 5 heteroatoms. The molecule has 1 heterocycles. The normalized spacial score (nSPS) is 22.1. The van der Waals surface area contributed by atoms with Gasteiger partial charge in [0, 0.05) is 0 Å². The number of rotatable bonds is 6. The molecule has 21 heavy (non-hydrogen) atoms. The highest BCUT2D eigenvalue weighted by atomic mass is 32.2. The topological polar surface area (TPSA) is 46.1 Å². The molecule has 1 amide bonds. The van der Waals surface area contributed by atoms with Crippen molar-refractivity contribution in [1.29, 1.82) is 0 Å². The van der Waals surface area contributed by atoms with Crippen LogP contribution in [0.2, 0.25) is 0 Å². The number of carbonyl (C=O) groups is 1. The van der Waals surface area contributed by atoms with Crippen molar-refractivity contribution in [2.75, 3.05) is 20.2 Å². The van der Waals surface area contributed by atoms with Gasteiger partial charge in [-0.05, 0) is 38.5 Å². The fraction of sp³-hybridized carbons (Fsp3) is 0.562. The van der Waals surface area contributed by atoms with Crippen molar-refractivity contribution in [1.82, 2.24) is 4.90 Å². The second-order valence-corrected chi connectivity index (χ2v) is 7.13. The number of benzene rings is 1. The number of carbonyl (C=O) groups excluding carboxylic acids is 1. The minimum absolute atomic E-state index is 0.0381. The zero-order chi connectivity index (χ0) is 15.4. The SMILES string of the molecule is COc1ccc([C@@H]2S[C@@H](C)C(=O)N2CC[NH2+]C(C)C)cc1. The largest absolute Gasteiger partial charge is 0.497 e. The van der Waals surface area contributed by atoms with E-state index in [1.165, 1.54) is 5.56 Å². The quantitative estimate of drug-likeness (QED) is 0.869. The zero-order valence-corrected chi connectivity index (χ0v) is 14.0. The number of nitrogens with two attached hydrogens (primary N) is 1. The van der Waals surface area contributed by atoms with Gasteiger partial charge in [-0.15, -0.1) is 11.8 Å². The lowest BCUT2D eigenvalue weighted by atomic mass is 10.2. The molecule has 2 atom stereocenters. The molecule has 1 aliphatic heterocycles. The number of amides is 1. The molecular weight excluding hydrogens is 284 g/mol. The third kappa shape index (κ3) is 3.92. The second kappa shape index (κ2) is 7.18. The summed E-state index contributed by atoms with van der Waals surface area (Å²) in [7, 11) is 1.67. The number of hydrogen-bond acceptors (Lipinski definition) is 3. The Hall–Kier alpha value is -1.20. The lowest BCUT2D eigenvalue weighted by Gasteiger charge is -2.24. The number of methoxy groups -OCH3 is 1. The monoisotopic (exact) mass is 309 g/mol. The Morgan fingerprint density at radius 2 is 2.00 bits per heavy atom. The van der Waals surface area contributed by atoms with Gasteiger partial charge in [0.15, 0.2) is 0 Å². The van der Waals surface area contributed by atoms with Gasteiger partial charge in [0.25, 0.3) is 0 Å². The van der Waals surface area contributed by atoms with Gasteiger partial charge in [-0.3, -0.25) is 4.79 Å². The Bertz CT molecular complexity index is 476. The Morgan fingerprint density at radius 1 is 1.33 bits per heavy atom. The molecule has 1 aliphatic rings. The Morgan fingerprint density at radius 3 is 2.57 bits per heavy atom. The van der Waals surface area contributed by atoms with Crippen LogP contribution in [0.3, 0.4) is 0 Å². The summed E-state index contributed by atoms with van der Waals surface area (Å²) >= 11 is 1.73. The van der Waals surface area contributed by atoms with Crippen molar-refractivity contribution in [2.45, 2.75) is 37.4 Å². The van der Waals surface area contributed by atoms with Gasteiger partial charge in [-0.2, -0.15) is 0 Å². The van der Waals surface area contributed by atoms with Crippen LogP contribution in [0.1, 0.15) is 31.7 Å². The van der Waals surface area contributed by atoms with E-state index in [0.29, 0.717) is 6.04 Å². The maximum atomic E-state index is 12.4. The molecule has 116 valence electrons. The standard InChI is InChI=1S/C16H24N2O2S/c1-11(2)17-9-10-18-15(19)12(3)21-16(18)13-5-7-14(20-4)8-6-13/h5-8,11-12,16-17H,9-10H2,1-4H3/p+1/t12-,16-/m0/s1. The van der Waals surface area contributed by atoms with E-state index in [2.05, 4.69) is 31.3 Å². The number of quaternary nitrogens is 1. The first-order valence-corrected chi connectivity index (χ1v) is 8.40. The van der Waals surface area contributed by atoms with Crippen molar-refractivity contribution in [3.05, 3.63) is 29.8 Å². The van der Waals surface area contributed by atoms with Gasteiger partial charge >= 0.3 is 0 Å². The second-order valence-electron chi connectivity index (χ2n) is 5.70. The summed E-state index contributed by atoms with van der Waals surface area (Å²) < 4.78 is 5.20. The molecule has 2 rings (SSSR count). The number of nitrogens with zero attached hydrogens (tertiary/aromatic N) is 1. The average molecular weight is 309 g/mol. The summed E-state index contributed by atoms with van der Waals surface area (Å²) in [5.41, 5.74) is 1.17. The molecule has 0 unspecified atom stereocenters. The molecule has 1 aromatic carbocycles. The third-order valence-electron chi connectivity index (χ3n) is 3.66. The van der Waals surface area contributed by atoms with Crippen LogP contribution in [-0.2, 0) is 4.79 Å². The van der Waals surface area contributed by atoms with E-state index >= 15 is 0 Å². The van der Waals surface area contributed by atoms with E-state index in [4.69, 9.17) is 4.74 Å². The molecule has 2 N–H and O–H groups in total. The maximum absolute atomic E-state index is 12.4. The molecule has 1 aromatic rings. The van der Waals surface area contributed by atoms with Crippen molar-refractivity contribution in [3.8, 4) is 5.75 Å². The summed E-state index contributed by atoms with van der Waals surface area (Å²) in [6, 6.07) is 8.60. The fourth-order valence-corrected chi connectivity index (χ4v) is 3.78.